The maximum atomic E-state index is 3.56. The van der Waals surface area contributed by atoms with E-state index in [1.54, 1.807) is 0 Å². The lowest BCUT2D eigenvalue weighted by Crippen LogP contribution is -2.22. The molecule has 1 aliphatic rings. The summed E-state index contributed by atoms with van der Waals surface area (Å²) in [7, 11) is 0. The minimum Gasteiger partial charge on any atom is -0.378 e. The van der Waals surface area contributed by atoms with E-state index in [1.165, 1.54) is 105 Å². The van der Waals surface area contributed by atoms with Gasteiger partial charge in [-0.15, -0.1) is 0 Å². The zero-order valence-electron chi connectivity index (χ0n) is 20.2. The summed E-state index contributed by atoms with van der Waals surface area (Å²) in [5.41, 5.74) is 2.89. The summed E-state index contributed by atoms with van der Waals surface area (Å²) in [4.78, 5) is 0. The van der Waals surface area contributed by atoms with Crippen LogP contribution >= 0.6 is 0 Å². The topological polar surface area (TPSA) is 12.0 Å². The Bertz CT molecular complexity index is 819. The third-order valence-electron chi connectivity index (χ3n) is 6.67. The van der Waals surface area contributed by atoms with Crippen LogP contribution in [0.3, 0.4) is 0 Å². The molecule has 0 spiro atoms. The largest absolute Gasteiger partial charge is 0.378 e. The highest BCUT2D eigenvalue weighted by atomic mass is 15.0. The molecule has 4 rings (SSSR count). The van der Waals surface area contributed by atoms with Crippen LogP contribution in [0.5, 0.6) is 0 Å². The molecular weight excluding hydrogens is 386 g/mol. The molecule has 1 heteroatoms. The van der Waals surface area contributed by atoms with E-state index in [9.17, 15) is 0 Å². The average Bonchev–Trinajstić information content (AvgIpc) is 2.83. The van der Waals surface area contributed by atoms with Crippen molar-refractivity contribution in [2.75, 3.05) is 5.32 Å². The van der Waals surface area contributed by atoms with Crippen molar-refractivity contribution < 1.29 is 0 Å². The maximum absolute atomic E-state index is 3.56. The van der Waals surface area contributed by atoms with Crippen LogP contribution in [0, 0.1) is 0 Å². The average molecular weight is 430 g/mol. The Morgan fingerprint density at radius 1 is 0.531 bits per heavy atom. The first-order chi connectivity index (χ1) is 15.9. The fraction of sp³-hybridized carbons (Fsp3) is 0.484. The summed E-state index contributed by atoms with van der Waals surface area (Å²) < 4.78 is 0. The Kier molecular flexibility index (Phi) is 11.2. The summed E-state index contributed by atoms with van der Waals surface area (Å²) in [5, 5.41) is 6.18. The molecule has 1 nitrogen and oxygen atoms in total. The number of benzene rings is 3. The lowest BCUT2D eigenvalue weighted by atomic mass is 9.92. The fourth-order valence-corrected chi connectivity index (χ4v) is 4.67. The fourth-order valence-electron chi connectivity index (χ4n) is 4.67. The van der Waals surface area contributed by atoms with Crippen molar-refractivity contribution in [1.82, 2.24) is 0 Å². The summed E-state index contributed by atoms with van der Waals surface area (Å²) >= 11 is 0. The summed E-state index contributed by atoms with van der Waals surface area (Å²) in [5.74, 6) is 0. The third-order valence-corrected chi connectivity index (χ3v) is 6.67. The van der Waals surface area contributed by atoms with Gasteiger partial charge >= 0.3 is 0 Å². The van der Waals surface area contributed by atoms with E-state index in [0.717, 1.165) is 0 Å². The molecule has 0 aromatic heterocycles. The standard InChI is InChI=1S/C21H35N.C10H8/c1-2-3-4-5-6-7-8-9-10-11-12-13-17-20-19-16-14-15-18-21(19)22-20;1-2-6-10-8-4-3-7-9(10)5-1/h14-16,18,20,22H,2-13,17H2,1H3;1-8H. The predicted octanol–water partition coefficient (Wildman–Crippen LogP) is 10.1. The number of rotatable bonds is 13. The first-order valence-corrected chi connectivity index (χ1v) is 13.2. The zero-order valence-corrected chi connectivity index (χ0v) is 20.2. The molecule has 1 atom stereocenters. The molecule has 0 amide bonds. The van der Waals surface area contributed by atoms with E-state index in [4.69, 9.17) is 0 Å². The van der Waals surface area contributed by atoms with Gasteiger partial charge in [0.15, 0.2) is 0 Å². The van der Waals surface area contributed by atoms with Gasteiger partial charge in [-0.25, -0.2) is 0 Å². The Morgan fingerprint density at radius 2 is 0.969 bits per heavy atom. The number of anilines is 1. The van der Waals surface area contributed by atoms with E-state index in [0.29, 0.717) is 6.04 Å². The molecule has 3 aromatic rings. The Labute approximate surface area is 196 Å². The van der Waals surface area contributed by atoms with Crippen LogP contribution in [-0.4, -0.2) is 0 Å². The molecule has 0 fully saturated rings. The first-order valence-electron chi connectivity index (χ1n) is 13.2. The second-order valence-corrected chi connectivity index (χ2v) is 9.31. The highest BCUT2D eigenvalue weighted by Gasteiger charge is 2.23. The van der Waals surface area contributed by atoms with Gasteiger partial charge in [-0.1, -0.05) is 151 Å². The molecule has 1 aliphatic heterocycles. The van der Waals surface area contributed by atoms with Crippen LogP contribution in [-0.2, 0) is 0 Å². The zero-order chi connectivity index (χ0) is 22.3. The summed E-state index contributed by atoms with van der Waals surface area (Å²) in [6.07, 6.45) is 18.5. The van der Waals surface area contributed by atoms with Crippen molar-refractivity contribution >= 4 is 16.5 Å². The van der Waals surface area contributed by atoms with Crippen molar-refractivity contribution in [1.29, 1.82) is 0 Å². The van der Waals surface area contributed by atoms with Crippen molar-refractivity contribution in [3.8, 4) is 0 Å². The maximum Gasteiger partial charge on any atom is 0.0534 e. The monoisotopic (exact) mass is 429 g/mol. The summed E-state index contributed by atoms with van der Waals surface area (Å²) in [6, 6.07) is 26.1. The van der Waals surface area contributed by atoms with Gasteiger partial charge in [0.05, 0.1) is 6.04 Å². The first kappa shape index (κ1) is 24.4. The quantitative estimate of drug-likeness (QED) is 0.266. The number of para-hydroxylation sites is 1. The lowest BCUT2D eigenvalue weighted by Gasteiger charge is -2.32. The van der Waals surface area contributed by atoms with Crippen LogP contribution in [0.1, 0.15) is 102 Å². The highest BCUT2D eigenvalue weighted by Crippen LogP contribution is 2.38. The number of hydrogen-bond donors (Lipinski definition) is 1. The van der Waals surface area contributed by atoms with Crippen LogP contribution in [0.15, 0.2) is 72.8 Å². The number of hydrogen-bond acceptors (Lipinski definition) is 1. The van der Waals surface area contributed by atoms with Crippen molar-refractivity contribution in [3.05, 3.63) is 78.4 Å². The van der Waals surface area contributed by atoms with Crippen molar-refractivity contribution in [3.63, 3.8) is 0 Å². The molecule has 172 valence electrons. The molecule has 0 bridgehead atoms. The van der Waals surface area contributed by atoms with E-state index in [-0.39, 0.29) is 0 Å². The molecule has 0 saturated heterocycles. The molecule has 1 heterocycles. The van der Waals surface area contributed by atoms with Gasteiger partial charge in [0.2, 0.25) is 0 Å². The van der Waals surface area contributed by atoms with Gasteiger partial charge in [0.25, 0.3) is 0 Å². The van der Waals surface area contributed by atoms with E-state index >= 15 is 0 Å². The second kappa shape index (κ2) is 14.7. The molecule has 0 aliphatic carbocycles. The van der Waals surface area contributed by atoms with Crippen molar-refractivity contribution in [2.45, 2.75) is 96.4 Å². The van der Waals surface area contributed by atoms with Crippen LogP contribution < -0.4 is 5.32 Å². The molecule has 0 radical (unpaired) electrons. The van der Waals surface area contributed by atoms with Crippen LogP contribution in [0.2, 0.25) is 0 Å². The van der Waals surface area contributed by atoms with Crippen molar-refractivity contribution in [2.24, 2.45) is 0 Å². The Morgan fingerprint density at radius 3 is 1.47 bits per heavy atom. The van der Waals surface area contributed by atoms with Gasteiger partial charge in [-0.05, 0) is 28.8 Å². The predicted molar refractivity (Wildman–Crippen MR) is 142 cm³/mol. The molecule has 3 aromatic carbocycles. The van der Waals surface area contributed by atoms with Crippen LogP contribution in [0.25, 0.3) is 10.8 Å². The molecule has 0 saturated carbocycles. The Hall–Kier alpha value is -2.28. The number of nitrogens with one attached hydrogen (secondary N) is 1. The van der Waals surface area contributed by atoms with Crippen LogP contribution in [0.4, 0.5) is 5.69 Å². The van der Waals surface area contributed by atoms with Gasteiger partial charge in [-0.3, -0.25) is 0 Å². The minimum absolute atomic E-state index is 0.638. The lowest BCUT2D eigenvalue weighted by molar-refractivity contribution is 0.526. The SMILES string of the molecule is CCCCCCCCCCCCCCC1Nc2ccccc21.c1ccc2ccccc2c1. The normalized spacial score (nSPS) is 14.1. The third kappa shape index (κ3) is 8.34. The van der Waals surface area contributed by atoms with Gasteiger partial charge < -0.3 is 5.32 Å². The number of unbranched alkanes of at least 4 members (excludes halogenated alkanes) is 11. The second-order valence-electron chi connectivity index (χ2n) is 9.31. The smallest absolute Gasteiger partial charge is 0.0534 e. The molecule has 32 heavy (non-hydrogen) atoms. The molecular formula is C31H43N. The van der Waals surface area contributed by atoms with E-state index in [1.807, 2.05) is 0 Å². The molecule has 1 N–H and O–H groups in total. The summed E-state index contributed by atoms with van der Waals surface area (Å²) in [6.45, 7) is 2.29. The molecule has 1 unspecified atom stereocenters. The minimum atomic E-state index is 0.638. The van der Waals surface area contributed by atoms with Gasteiger partial charge in [0.1, 0.15) is 0 Å². The van der Waals surface area contributed by atoms with E-state index in [2.05, 4.69) is 85.0 Å². The Balaban J connectivity index is 0.000000238. The highest BCUT2D eigenvalue weighted by molar-refractivity contribution is 5.82. The van der Waals surface area contributed by atoms with E-state index < -0.39 is 0 Å². The number of fused-ring (bicyclic) bond motifs is 2. The van der Waals surface area contributed by atoms with Gasteiger partial charge in [0, 0.05) is 5.69 Å². The van der Waals surface area contributed by atoms with Gasteiger partial charge in [-0.2, -0.15) is 0 Å².